The topological polar surface area (TPSA) is 44.9 Å². The summed E-state index contributed by atoms with van der Waals surface area (Å²) < 4.78 is 0. The van der Waals surface area contributed by atoms with Crippen molar-refractivity contribution in [1.29, 1.82) is 0 Å². The Balaban J connectivity index is 2.25. The van der Waals surface area contributed by atoms with Gasteiger partial charge in [-0.25, -0.2) is 0 Å². The summed E-state index contributed by atoms with van der Waals surface area (Å²) in [5.74, 6) is -0.0481. The third-order valence-electron chi connectivity index (χ3n) is 3.11. The van der Waals surface area contributed by atoms with Gasteiger partial charge < -0.3 is 10.3 Å². The zero-order chi connectivity index (χ0) is 12.5. The van der Waals surface area contributed by atoms with Crippen molar-refractivity contribution in [3.8, 4) is 0 Å². The Bertz CT molecular complexity index is 507. The molecule has 1 amide bonds. The van der Waals surface area contributed by atoms with Crippen LogP contribution in [-0.4, -0.2) is 16.4 Å². The molecule has 3 heteroatoms. The highest BCUT2D eigenvalue weighted by Crippen LogP contribution is 2.16. The van der Waals surface area contributed by atoms with Crippen molar-refractivity contribution >= 4 is 16.8 Å². The van der Waals surface area contributed by atoms with Crippen LogP contribution in [0.1, 0.15) is 37.7 Å². The lowest BCUT2D eigenvalue weighted by atomic mass is 10.0. The van der Waals surface area contributed by atoms with Gasteiger partial charge in [0.2, 0.25) is 0 Å². The number of aromatic nitrogens is 1. The molecular formula is C14H18N2O. The Morgan fingerprint density at radius 1 is 1.35 bits per heavy atom. The van der Waals surface area contributed by atoms with Crippen molar-refractivity contribution in [2.45, 2.75) is 32.7 Å². The minimum atomic E-state index is -0.172. The lowest BCUT2D eigenvalue weighted by Gasteiger charge is -2.23. The van der Waals surface area contributed by atoms with E-state index in [1.165, 1.54) is 0 Å². The molecule has 17 heavy (non-hydrogen) atoms. The van der Waals surface area contributed by atoms with Gasteiger partial charge in [0.25, 0.3) is 5.91 Å². The van der Waals surface area contributed by atoms with E-state index in [9.17, 15) is 4.79 Å². The summed E-state index contributed by atoms with van der Waals surface area (Å²) in [4.78, 5) is 15.2. The van der Waals surface area contributed by atoms with Gasteiger partial charge in [-0.2, -0.15) is 0 Å². The summed E-state index contributed by atoms with van der Waals surface area (Å²) in [6.45, 7) is 6.10. The highest BCUT2D eigenvalue weighted by atomic mass is 16.2. The third kappa shape index (κ3) is 2.49. The largest absolute Gasteiger partial charge is 0.351 e. The van der Waals surface area contributed by atoms with Gasteiger partial charge in [0.05, 0.1) is 0 Å². The highest BCUT2D eigenvalue weighted by molar-refractivity contribution is 5.98. The number of hydrogen-bond acceptors (Lipinski definition) is 1. The molecule has 1 heterocycles. The van der Waals surface area contributed by atoms with Gasteiger partial charge in [-0.05, 0) is 32.4 Å². The molecular weight excluding hydrogens is 212 g/mol. The van der Waals surface area contributed by atoms with Crippen LogP contribution >= 0.6 is 0 Å². The molecule has 1 aromatic heterocycles. The van der Waals surface area contributed by atoms with E-state index in [1.54, 1.807) is 0 Å². The lowest BCUT2D eigenvalue weighted by molar-refractivity contribution is 0.0907. The summed E-state index contributed by atoms with van der Waals surface area (Å²) in [5, 5.41) is 4.07. The number of para-hydroxylation sites is 1. The molecule has 0 atom stereocenters. The number of rotatable bonds is 3. The first kappa shape index (κ1) is 11.7. The second-order valence-corrected chi connectivity index (χ2v) is 4.96. The van der Waals surface area contributed by atoms with E-state index in [1.807, 2.05) is 44.2 Å². The number of benzene rings is 1. The number of H-pyrrole nitrogens is 1. The number of hydrogen-bond donors (Lipinski definition) is 2. The first-order valence-electron chi connectivity index (χ1n) is 5.92. The summed E-state index contributed by atoms with van der Waals surface area (Å²) >= 11 is 0. The van der Waals surface area contributed by atoms with Crippen LogP contribution in [0.25, 0.3) is 10.9 Å². The monoisotopic (exact) mass is 230 g/mol. The standard InChI is InChI=1S/C14H18N2O/c1-4-14(2,3)16-13(17)12-9-10-7-5-6-8-11(10)15-12/h5-9,15H,4H2,1-3H3,(H,16,17). The van der Waals surface area contributed by atoms with Gasteiger partial charge in [-0.3, -0.25) is 4.79 Å². The van der Waals surface area contributed by atoms with Crippen molar-refractivity contribution < 1.29 is 4.79 Å². The fraction of sp³-hybridized carbons (Fsp3) is 0.357. The molecule has 0 aliphatic heterocycles. The fourth-order valence-corrected chi connectivity index (χ4v) is 1.66. The quantitative estimate of drug-likeness (QED) is 0.836. The van der Waals surface area contributed by atoms with Crippen LogP contribution in [0, 0.1) is 0 Å². The second-order valence-electron chi connectivity index (χ2n) is 4.96. The van der Waals surface area contributed by atoms with E-state index in [4.69, 9.17) is 0 Å². The Morgan fingerprint density at radius 2 is 2.06 bits per heavy atom. The minimum Gasteiger partial charge on any atom is -0.351 e. The van der Waals surface area contributed by atoms with Crippen LogP contribution in [0.4, 0.5) is 0 Å². The van der Waals surface area contributed by atoms with E-state index < -0.39 is 0 Å². The van der Waals surface area contributed by atoms with Crippen molar-refractivity contribution in [1.82, 2.24) is 10.3 Å². The molecule has 1 aromatic carbocycles. The number of amides is 1. The van der Waals surface area contributed by atoms with Crippen molar-refractivity contribution in [2.24, 2.45) is 0 Å². The normalized spacial score (nSPS) is 11.7. The smallest absolute Gasteiger partial charge is 0.268 e. The maximum atomic E-state index is 12.0. The lowest BCUT2D eigenvalue weighted by Crippen LogP contribution is -2.42. The van der Waals surface area contributed by atoms with Crippen LogP contribution in [0.5, 0.6) is 0 Å². The van der Waals surface area contributed by atoms with Crippen molar-refractivity contribution in [2.75, 3.05) is 0 Å². The molecule has 2 N–H and O–H groups in total. The van der Waals surface area contributed by atoms with E-state index in [0.717, 1.165) is 17.3 Å². The summed E-state index contributed by atoms with van der Waals surface area (Å²) in [5.41, 5.74) is 1.44. The maximum absolute atomic E-state index is 12.0. The first-order valence-corrected chi connectivity index (χ1v) is 5.92. The molecule has 0 bridgehead atoms. The molecule has 0 saturated heterocycles. The molecule has 0 aliphatic rings. The van der Waals surface area contributed by atoms with Crippen LogP contribution in [0.2, 0.25) is 0 Å². The zero-order valence-electron chi connectivity index (χ0n) is 10.5. The van der Waals surface area contributed by atoms with E-state index >= 15 is 0 Å². The van der Waals surface area contributed by atoms with Crippen molar-refractivity contribution in [3.63, 3.8) is 0 Å². The summed E-state index contributed by atoms with van der Waals surface area (Å²) in [7, 11) is 0. The van der Waals surface area contributed by atoms with Gasteiger partial charge in [0, 0.05) is 16.4 Å². The number of carbonyl (C=O) groups excluding carboxylic acids is 1. The van der Waals surface area contributed by atoms with Crippen molar-refractivity contribution in [3.05, 3.63) is 36.0 Å². The van der Waals surface area contributed by atoms with E-state index in [-0.39, 0.29) is 11.4 Å². The Hall–Kier alpha value is -1.77. The van der Waals surface area contributed by atoms with Gasteiger partial charge in [0.15, 0.2) is 0 Å². The van der Waals surface area contributed by atoms with Gasteiger partial charge in [0.1, 0.15) is 5.69 Å². The predicted octanol–water partition coefficient (Wildman–Crippen LogP) is 3.09. The molecule has 90 valence electrons. The molecule has 0 fully saturated rings. The molecule has 0 radical (unpaired) electrons. The van der Waals surface area contributed by atoms with Crippen LogP contribution in [0.15, 0.2) is 30.3 Å². The molecule has 0 unspecified atom stereocenters. The molecule has 3 nitrogen and oxygen atoms in total. The second kappa shape index (κ2) is 4.24. The average molecular weight is 230 g/mol. The summed E-state index contributed by atoms with van der Waals surface area (Å²) in [6, 6.07) is 9.77. The first-order chi connectivity index (χ1) is 8.02. The van der Waals surface area contributed by atoms with Crippen LogP contribution in [-0.2, 0) is 0 Å². The van der Waals surface area contributed by atoms with Gasteiger partial charge in [-0.15, -0.1) is 0 Å². The van der Waals surface area contributed by atoms with Gasteiger partial charge >= 0.3 is 0 Å². The summed E-state index contributed by atoms with van der Waals surface area (Å²) in [6.07, 6.45) is 0.902. The molecule has 2 aromatic rings. The Kier molecular flexibility index (Phi) is 2.92. The average Bonchev–Trinajstić information content (AvgIpc) is 2.72. The molecule has 0 spiro atoms. The van der Waals surface area contributed by atoms with E-state index in [2.05, 4.69) is 17.2 Å². The number of fused-ring (bicyclic) bond motifs is 1. The highest BCUT2D eigenvalue weighted by Gasteiger charge is 2.19. The minimum absolute atomic E-state index is 0.0481. The molecule has 0 aliphatic carbocycles. The van der Waals surface area contributed by atoms with Crippen LogP contribution < -0.4 is 5.32 Å². The Labute approximate surface area is 101 Å². The fourth-order valence-electron chi connectivity index (χ4n) is 1.66. The van der Waals surface area contributed by atoms with Crippen LogP contribution in [0.3, 0.4) is 0 Å². The SMILES string of the molecule is CCC(C)(C)NC(=O)c1cc2ccccc2[nH]1. The predicted molar refractivity (Wildman–Crippen MR) is 70.1 cm³/mol. The molecule has 2 rings (SSSR count). The van der Waals surface area contributed by atoms with E-state index in [0.29, 0.717) is 5.69 Å². The number of aromatic amines is 1. The number of carbonyl (C=O) groups is 1. The molecule has 0 saturated carbocycles. The third-order valence-corrected chi connectivity index (χ3v) is 3.11. The zero-order valence-corrected chi connectivity index (χ0v) is 10.5. The maximum Gasteiger partial charge on any atom is 0.268 e. The number of nitrogens with one attached hydrogen (secondary N) is 2. The van der Waals surface area contributed by atoms with Gasteiger partial charge in [-0.1, -0.05) is 25.1 Å². The Morgan fingerprint density at radius 3 is 2.71 bits per heavy atom.